The molecule has 0 atom stereocenters. The van der Waals surface area contributed by atoms with Gasteiger partial charge in [-0.1, -0.05) is 73.1 Å². The number of thioether (sulfide) groups is 1. The lowest BCUT2D eigenvalue weighted by Crippen LogP contribution is -2.29. The quantitative estimate of drug-likeness (QED) is 0.218. The summed E-state index contributed by atoms with van der Waals surface area (Å²) in [4.78, 5) is 27.6. The highest BCUT2D eigenvalue weighted by molar-refractivity contribution is 8.18. The summed E-state index contributed by atoms with van der Waals surface area (Å²) in [5.74, 6) is -0.630. The molecule has 0 spiro atoms. The third-order valence-electron chi connectivity index (χ3n) is 6.63. The lowest BCUT2D eigenvalue weighted by molar-refractivity contribution is -0.122. The van der Waals surface area contributed by atoms with Gasteiger partial charge in [-0.05, 0) is 60.4 Å². The Hall–Kier alpha value is -3.35. The molecule has 3 aromatic carbocycles. The molecule has 1 aliphatic heterocycles. The first-order valence-corrected chi connectivity index (χ1v) is 13.5. The number of amides is 2. The highest BCUT2D eigenvalue weighted by Crippen LogP contribution is 2.35. The smallest absolute Gasteiger partial charge is 0.293 e. The van der Waals surface area contributed by atoms with Crippen molar-refractivity contribution in [3.05, 3.63) is 111 Å². The zero-order valence-electron chi connectivity index (χ0n) is 20.4. The lowest BCUT2D eigenvalue weighted by atomic mass is 10.1. The van der Waals surface area contributed by atoms with E-state index in [2.05, 4.69) is 6.92 Å². The third-order valence-corrected chi connectivity index (χ3v) is 7.90. The summed E-state index contributed by atoms with van der Waals surface area (Å²) in [5.41, 5.74) is 4.49. The van der Waals surface area contributed by atoms with Gasteiger partial charge in [0.2, 0.25) is 0 Å². The van der Waals surface area contributed by atoms with Crippen LogP contribution in [0.1, 0.15) is 35.6 Å². The Morgan fingerprint density at radius 1 is 1.00 bits per heavy atom. The molecular formula is C30H26ClFN2O2S. The molecule has 5 rings (SSSR count). The first-order chi connectivity index (χ1) is 18.0. The van der Waals surface area contributed by atoms with E-state index in [1.165, 1.54) is 16.5 Å². The third kappa shape index (κ3) is 5.22. The van der Waals surface area contributed by atoms with Crippen LogP contribution in [0, 0.1) is 5.82 Å². The second-order valence-electron chi connectivity index (χ2n) is 9.00. The second kappa shape index (κ2) is 11.0. The van der Waals surface area contributed by atoms with Gasteiger partial charge in [-0.3, -0.25) is 14.5 Å². The Kier molecular flexibility index (Phi) is 7.49. The molecule has 1 aromatic heterocycles. The van der Waals surface area contributed by atoms with E-state index in [4.69, 9.17) is 11.6 Å². The van der Waals surface area contributed by atoms with Gasteiger partial charge in [0.15, 0.2) is 0 Å². The zero-order chi connectivity index (χ0) is 25.9. The van der Waals surface area contributed by atoms with Gasteiger partial charge >= 0.3 is 0 Å². The molecule has 37 heavy (non-hydrogen) atoms. The second-order valence-corrected chi connectivity index (χ2v) is 10.4. The van der Waals surface area contributed by atoms with E-state index in [9.17, 15) is 14.0 Å². The van der Waals surface area contributed by atoms with Gasteiger partial charge in [0.25, 0.3) is 11.1 Å². The van der Waals surface area contributed by atoms with Crippen LogP contribution in [0.2, 0.25) is 5.02 Å². The first kappa shape index (κ1) is 25.3. The number of aromatic nitrogens is 1. The van der Waals surface area contributed by atoms with Crippen molar-refractivity contribution in [3.8, 4) is 0 Å². The van der Waals surface area contributed by atoms with Crippen LogP contribution < -0.4 is 0 Å². The molecule has 1 aliphatic rings. The molecule has 0 aliphatic carbocycles. The predicted molar refractivity (Wildman–Crippen MR) is 149 cm³/mol. The van der Waals surface area contributed by atoms with Crippen molar-refractivity contribution in [3.63, 3.8) is 0 Å². The van der Waals surface area contributed by atoms with Crippen LogP contribution in [0.4, 0.5) is 9.18 Å². The first-order valence-electron chi connectivity index (χ1n) is 12.3. The highest BCUT2D eigenvalue weighted by atomic mass is 35.5. The average Bonchev–Trinajstić information content (AvgIpc) is 3.38. The van der Waals surface area contributed by atoms with Crippen molar-refractivity contribution < 1.29 is 14.0 Å². The molecule has 1 fully saturated rings. The normalized spacial score (nSPS) is 14.9. The van der Waals surface area contributed by atoms with Gasteiger partial charge in [0.05, 0.1) is 17.0 Å². The Bertz CT molecular complexity index is 1490. The van der Waals surface area contributed by atoms with Crippen LogP contribution in [0.3, 0.4) is 0 Å². The van der Waals surface area contributed by atoms with Gasteiger partial charge in [-0.2, -0.15) is 0 Å². The molecule has 0 radical (unpaired) electrons. The van der Waals surface area contributed by atoms with Gasteiger partial charge in [-0.15, -0.1) is 0 Å². The van der Waals surface area contributed by atoms with Crippen molar-refractivity contribution >= 4 is 51.5 Å². The van der Waals surface area contributed by atoms with Crippen molar-refractivity contribution in [2.24, 2.45) is 0 Å². The summed E-state index contributed by atoms with van der Waals surface area (Å²) in [6.07, 6.45) is 5.99. The summed E-state index contributed by atoms with van der Waals surface area (Å²) in [7, 11) is 0. The SMILES string of the molecule is CCc1cccc2c(/C=C3\SC(=O)N(CCCc4ccccc4)C3=O)cn(Cc3c(F)cccc3Cl)c12. The fraction of sp³-hybridized carbons (Fsp3) is 0.200. The van der Waals surface area contributed by atoms with Crippen LogP contribution in [-0.4, -0.2) is 27.2 Å². The van der Waals surface area contributed by atoms with Crippen LogP contribution >= 0.6 is 23.4 Å². The standard InChI is InChI=1S/C30H26ClFN2O2S/c1-2-21-12-6-13-23-22(18-33(28(21)23)19-24-25(31)14-7-15-26(24)32)17-27-29(35)34(30(36)37-27)16-8-11-20-9-4-3-5-10-20/h3-7,9-10,12-15,17-18H,2,8,11,16,19H2,1H3/b27-17-. The largest absolute Gasteiger partial charge is 0.342 e. The zero-order valence-corrected chi connectivity index (χ0v) is 22.0. The van der Waals surface area contributed by atoms with E-state index >= 15 is 0 Å². The number of hydrogen-bond donors (Lipinski definition) is 0. The molecule has 0 saturated carbocycles. The van der Waals surface area contributed by atoms with Crippen LogP contribution in [-0.2, 0) is 24.2 Å². The number of nitrogens with zero attached hydrogens (tertiary/aromatic N) is 2. The van der Waals surface area contributed by atoms with E-state index in [0.29, 0.717) is 28.5 Å². The molecular weight excluding hydrogens is 507 g/mol. The minimum absolute atomic E-state index is 0.250. The van der Waals surface area contributed by atoms with Crippen LogP contribution in [0.15, 0.2) is 77.8 Å². The monoisotopic (exact) mass is 532 g/mol. The number of carbonyl (C=O) groups is 2. The van der Waals surface area contributed by atoms with Crippen molar-refractivity contribution in [1.82, 2.24) is 9.47 Å². The maximum atomic E-state index is 14.6. The number of aryl methyl sites for hydroxylation is 2. The van der Waals surface area contributed by atoms with E-state index < -0.39 is 0 Å². The number of hydrogen-bond acceptors (Lipinski definition) is 3. The molecule has 0 bridgehead atoms. The molecule has 4 aromatic rings. The predicted octanol–water partition coefficient (Wildman–Crippen LogP) is 7.71. The summed E-state index contributed by atoms with van der Waals surface area (Å²) < 4.78 is 16.6. The fourth-order valence-corrected chi connectivity index (χ4v) is 5.84. The van der Waals surface area contributed by atoms with Crippen molar-refractivity contribution in [2.45, 2.75) is 32.7 Å². The molecule has 4 nitrogen and oxygen atoms in total. The molecule has 2 amide bonds. The average molecular weight is 533 g/mol. The number of halogens is 2. The minimum atomic E-state index is -0.360. The summed E-state index contributed by atoms with van der Waals surface area (Å²) in [6.45, 7) is 2.71. The minimum Gasteiger partial charge on any atom is -0.342 e. The van der Waals surface area contributed by atoms with Crippen molar-refractivity contribution in [1.29, 1.82) is 0 Å². The number of fused-ring (bicyclic) bond motifs is 1. The van der Waals surface area contributed by atoms with Gasteiger partial charge in [0.1, 0.15) is 5.82 Å². The van der Waals surface area contributed by atoms with Gasteiger partial charge in [-0.25, -0.2) is 4.39 Å². The number of rotatable bonds is 8. The van der Waals surface area contributed by atoms with E-state index in [0.717, 1.165) is 46.6 Å². The molecule has 1 saturated heterocycles. The van der Waals surface area contributed by atoms with E-state index in [-0.39, 0.29) is 23.5 Å². The number of para-hydroxylation sites is 1. The maximum absolute atomic E-state index is 14.6. The summed E-state index contributed by atoms with van der Waals surface area (Å²) in [5, 5.41) is 1.07. The molecule has 7 heteroatoms. The van der Waals surface area contributed by atoms with Crippen LogP contribution in [0.5, 0.6) is 0 Å². The fourth-order valence-electron chi connectivity index (χ4n) is 4.76. The van der Waals surface area contributed by atoms with Crippen molar-refractivity contribution in [2.75, 3.05) is 6.54 Å². The van der Waals surface area contributed by atoms with Gasteiger partial charge < -0.3 is 4.57 Å². The lowest BCUT2D eigenvalue weighted by Gasteiger charge is -2.12. The maximum Gasteiger partial charge on any atom is 0.293 e. The van der Waals surface area contributed by atoms with Gasteiger partial charge in [0, 0.05) is 34.3 Å². The summed E-state index contributed by atoms with van der Waals surface area (Å²) >= 11 is 7.29. The summed E-state index contributed by atoms with van der Waals surface area (Å²) in [6, 6.07) is 20.7. The highest BCUT2D eigenvalue weighted by Gasteiger charge is 2.34. The topological polar surface area (TPSA) is 42.3 Å². The molecule has 0 N–H and O–H groups in total. The van der Waals surface area contributed by atoms with E-state index in [1.54, 1.807) is 18.2 Å². The van der Waals surface area contributed by atoms with E-state index in [1.807, 2.05) is 59.3 Å². The Morgan fingerprint density at radius 2 is 1.78 bits per heavy atom. The van der Waals surface area contributed by atoms with Crippen LogP contribution in [0.25, 0.3) is 17.0 Å². The number of benzene rings is 3. The molecule has 0 unspecified atom stereocenters. The Balaban J connectivity index is 1.44. The molecule has 188 valence electrons. The Morgan fingerprint density at radius 3 is 2.54 bits per heavy atom. The number of imide groups is 1. The molecule has 2 heterocycles. The number of carbonyl (C=O) groups excluding carboxylic acids is 2. The Labute approximate surface area is 224 Å².